The Labute approximate surface area is 107 Å². The average Bonchev–Trinajstić information content (AvgIpc) is 2.37. The van der Waals surface area contributed by atoms with Crippen LogP contribution in [0.1, 0.15) is 5.56 Å². The molecular weight excluding hydrogens is 237 g/mol. The molecule has 0 radical (unpaired) electrons. The molecule has 0 bridgehead atoms. The SMILES string of the molecule is COCCNCc1cccc(F)c1OCCOC. The lowest BCUT2D eigenvalue weighted by molar-refractivity contribution is 0.143. The van der Waals surface area contributed by atoms with E-state index in [0.29, 0.717) is 38.7 Å². The molecule has 1 aromatic rings. The van der Waals surface area contributed by atoms with Gasteiger partial charge in [0.2, 0.25) is 0 Å². The van der Waals surface area contributed by atoms with Crippen LogP contribution in [0, 0.1) is 5.82 Å². The van der Waals surface area contributed by atoms with Crippen LogP contribution in [0.5, 0.6) is 5.75 Å². The first-order valence-electron chi connectivity index (χ1n) is 5.88. The number of nitrogens with one attached hydrogen (secondary N) is 1. The summed E-state index contributed by atoms with van der Waals surface area (Å²) in [6, 6.07) is 4.90. The molecule has 0 spiro atoms. The summed E-state index contributed by atoms with van der Waals surface area (Å²) >= 11 is 0. The zero-order valence-corrected chi connectivity index (χ0v) is 10.9. The first-order valence-corrected chi connectivity index (χ1v) is 5.88. The Morgan fingerprint density at radius 3 is 2.61 bits per heavy atom. The van der Waals surface area contributed by atoms with Crippen molar-refractivity contribution in [2.45, 2.75) is 6.54 Å². The molecule has 4 nitrogen and oxygen atoms in total. The molecule has 0 heterocycles. The zero-order valence-electron chi connectivity index (χ0n) is 10.9. The lowest BCUT2D eigenvalue weighted by Crippen LogP contribution is -2.19. The summed E-state index contributed by atoms with van der Waals surface area (Å²) < 4.78 is 28.8. The second kappa shape index (κ2) is 8.85. The fourth-order valence-corrected chi connectivity index (χ4v) is 1.48. The molecule has 0 fully saturated rings. The van der Waals surface area contributed by atoms with Gasteiger partial charge in [0.05, 0.1) is 13.2 Å². The Hall–Kier alpha value is -1.17. The molecule has 18 heavy (non-hydrogen) atoms. The van der Waals surface area contributed by atoms with Crippen LogP contribution in [-0.2, 0) is 16.0 Å². The van der Waals surface area contributed by atoms with Gasteiger partial charge in [0.15, 0.2) is 11.6 Å². The first-order chi connectivity index (χ1) is 8.79. The van der Waals surface area contributed by atoms with Crippen molar-refractivity contribution in [1.82, 2.24) is 5.32 Å². The maximum Gasteiger partial charge on any atom is 0.165 e. The highest BCUT2D eigenvalue weighted by molar-refractivity contribution is 5.34. The molecule has 0 amide bonds. The molecule has 1 N–H and O–H groups in total. The molecule has 0 aliphatic rings. The normalized spacial score (nSPS) is 10.6. The molecule has 0 aliphatic heterocycles. The van der Waals surface area contributed by atoms with Gasteiger partial charge < -0.3 is 19.5 Å². The van der Waals surface area contributed by atoms with Crippen molar-refractivity contribution in [2.75, 3.05) is 40.6 Å². The summed E-state index contributed by atoms with van der Waals surface area (Å²) in [4.78, 5) is 0. The minimum atomic E-state index is -0.350. The predicted molar refractivity (Wildman–Crippen MR) is 67.4 cm³/mol. The summed E-state index contributed by atoms with van der Waals surface area (Å²) in [6.45, 7) is 2.65. The van der Waals surface area contributed by atoms with Gasteiger partial charge in [0, 0.05) is 32.9 Å². The van der Waals surface area contributed by atoms with Crippen LogP contribution in [0.15, 0.2) is 18.2 Å². The number of hydrogen-bond donors (Lipinski definition) is 1. The maximum atomic E-state index is 13.6. The summed E-state index contributed by atoms with van der Waals surface area (Å²) in [5, 5.41) is 3.16. The minimum Gasteiger partial charge on any atom is -0.488 e. The largest absolute Gasteiger partial charge is 0.488 e. The second-order valence-electron chi connectivity index (χ2n) is 3.74. The van der Waals surface area contributed by atoms with Crippen molar-refractivity contribution in [3.63, 3.8) is 0 Å². The van der Waals surface area contributed by atoms with E-state index in [2.05, 4.69) is 5.32 Å². The van der Waals surface area contributed by atoms with Gasteiger partial charge in [-0.25, -0.2) is 4.39 Å². The Bertz CT molecular complexity index is 347. The van der Waals surface area contributed by atoms with Gasteiger partial charge in [-0.15, -0.1) is 0 Å². The van der Waals surface area contributed by atoms with E-state index in [1.54, 1.807) is 20.3 Å². The standard InChI is InChI=1S/C13H20FNO3/c1-16-7-6-15-10-11-4-3-5-12(14)13(11)18-9-8-17-2/h3-5,15H,6-10H2,1-2H3. The molecule has 1 rings (SSSR count). The highest BCUT2D eigenvalue weighted by Crippen LogP contribution is 2.22. The highest BCUT2D eigenvalue weighted by atomic mass is 19.1. The van der Waals surface area contributed by atoms with Gasteiger partial charge in [-0.1, -0.05) is 12.1 Å². The summed E-state index contributed by atoms with van der Waals surface area (Å²) in [5.74, 6) is -0.0587. The van der Waals surface area contributed by atoms with Crippen molar-refractivity contribution < 1.29 is 18.6 Å². The third-order valence-electron chi connectivity index (χ3n) is 2.38. The van der Waals surface area contributed by atoms with E-state index in [1.807, 2.05) is 6.07 Å². The Kier molecular flexibility index (Phi) is 7.32. The minimum absolute atomic E-state index is 0.291. The third kappa shape index (κ3) is 5.00. The second-order valence-corrected chi connectivity index (χ2v) is 3.74. The zero-order chi connectivity index (χ0) is 13.2. The summed E-state index contributed by atoms with van der Waals surface area (Å²) in [7, 11) is 3.22. The molecule has 0 unspecified atom stereocenters. The van der Waals surface area contributed by atoms with Crippen molar-refractivity contribution in [3.8, 4) is 5.75 Å². The number of para-hydroxylation sites is 1. The fraction of sp³-hybridized carbons (Fsp3) is 0.538. The molecule has 0 aromatic heterocycles. The Balaban J connectivity index is 2.56. The summed E-state index contributed by atoms with van der Waals surface area (Å²) in [5.41, 5.74) is 0.794. The number of ether oxygens (including phenoxy) is 3. The van der Waals surface area contributed by atoms with Crippen LogP contribution >= 0.6 is 0 Å². The molecule has 0 saturated heterocycles. The average molecular weight is 257 g/mol. The smallest absolute Gasteiger partial charge is 0.165 e. The Morgan fingerprint density at radius 2 is 1.89 bits per heavy atom. The van der Waals surface area contributed by atoms with E-state index in [9.17, 15) is 4.39 Å². The van der Waals surface area contributed by atoms with Crippen LogP contribution < -0.4 is 10.1 Å². The quantitative estimate of drug-likeness (QED) is 0.682. The molecule has 102 valence electrons. The van der Waals surface area contributed by atoms with Crippen LogP contribution in [-0.4, -0.2) is 40.6 Å². The van der Waals surface area contributed by atoms with Crippen LogP contribution in [0.2, 0.25) is 0 Å². The lowest BCUT2D eigenvalue weighted by atomic mass is 10.2. The van der Waals surface area contributed by atoms with E-state index >= 15 is 0 Å². The number of rotatable bonds is 9. The topological polar surface area (TPSA) is 39.7 Å². The molecule has 0 saturated carbocycles. The van der Waals surface area contributed by atoms with E-state index in [0.717, 1.165) is 5.56 Å². The van der Waals surface area contributed by atoms with Crippen LogP contribution in [0.25, 0.3) is 0 Å². The first kappa shape index (κ1) is 14.9. The fourth-order valence-electron chi connectivity index (χ4n) is 1.48. The predicted octanol–water partition coefficient (Wildman–Crippen LogP) is 1.59. The van der Waals surface area contributed by atoms with Crippen molar-refractivity contribution in [3.05, 3.63) is 29.6 Å². The third-order valence-corrected chi connectivity index (χ3v) is 2.38. The number of benzene rings is 1. The van der Waals surface area contributed by atoms with Gasteiger partial charge in [0.1, 0.15) is 6.61 Å². The van der Waals surface area contributed by atoms with Gasteiger partial charge in [-0.3, -0.25) is 0 Å². The van der Waals surface area contributed by atoms with Crippen molar-refractivity contribution >= 4 is 0 Å². The van der Waals surface area contributed by atoms with E-state index in [-0.39, 0.29) is 5.82 Å². The van der Waals surface area contributed by atoms with Crippen LogP contribution in [0.4, 0.5) is 4.39 Å². The summed E-state index contributed by atoms with van der Waals surface area (Å²) in [6.07, 6.45) is 0. The van der Waals surface area contributed by atoms with Gasteiger partial charge in [-0.2, -0.15) is 0 Å². The Morgan fingerprint density at radius 1 is 1.11 bits per heavy atom. The van der Waals surface area contributed by atoms with Gasteiger partial charge >= 0.3 is 0 Å². The molecule has 0 atom stereocenters. The lowest BCUT2D eigenvalue weighted by Gasteiger charge is -2.12. The van der Waals surface area contributed by atoms with Crippen molar-refractivity contribution in [1.29, 1.82) is 0 Å². The van der Waals surface area contributed by atoms with Gasteiger partial charge in [-0.05, 0) is 6.07 Å². The molecule has 5 heteroatoms. The van der Waals surface area contributed by atoms with Gasteiger partial charge in [0.25, 0.3) is 0 Å². The molecule has 1 aromatic carbocycles. The number of halogens is 1. The number of methoxy groups -OCH3 is 2. The van der Waals surface area contributed by atoms with Crippen molar-refractivity contribution in [2.24, 2.45) is 0 Å². The monoisotopic (exact) mass is 257 g/mol. The van der Waals surface area contributed by atoms with E-state index < -0.39 is 0 Å². The van der Waals surface area contributed by atoms with E-state index in [4.69, 9.17) is 14.2 Å². The molecule has 0 aliphatic carbocycles. The molecular formula is C13H20FNO3. The van der Waals surface area contributed by atoms with Crippen LogP contribution in [0.3, 0.4) is 0 Å². The maximum absolute atomic E-state index is 13.6. The van der Waals surface area contributed by atoms with E-state index in [1.165, 1.54) is 6.07 Å². The highest BCUT2D eigenvalue weighted by Gasteiger charge is 2.09. The number of hydrogen-bond acceptors (Lipinski definition) is 4.